The number of nitrogens with one attached hydrogen (secondary N) is 1. The first-order valence-electron chi connectivity index (χ1n) is 10.6. The topological polar surface area (TPSA) is 109 Å². The molecule has 3 heterocycles. The normalized spacial score (nSPS) is 19.0. The summed E-state index contributed by atoms with van der Waals surface area (Å²) in [7, 11) is 1.26. The van der Waals surface area contributed by atoms with Crippen LogP contribution < -0.4 is 10.2 Å². The van der Waals surface area contributed by atoms with Crippen LogP contribution in [0.3, 0.4) is 0 Å². The van der Waals surface area contributed by atoms with Crippen LogP contribution >= 0.6 is 11.3 Å². The van der Waals surface area contributed by atoms with Crippen molar-refractivity contribution in [2.24, 2.45) is 0 Å². The van der Waals surface area contributed by atoms with Crippen LogP contribution in [0.15, 0.2) is 60.8 Å². The van der Waals surface area contributed by atoms with Crippen LogP contribution in [-0.2, 0) is 20.9 Å². The number of aromatic nitrogens is 1. The van der Waals surface area contributed by atoms with Crippen molar-refractivity contribution in [3.05, 3.63) is 76.8 Å². The Balaban J connectivity index is 1.60. The number of esters is 1. The molecule has 0 bridgehead atoms. The highest BCUT2D eigenvalue weighted by molar-refractivity contribution is 7.17. The molecular weight excluding hydrogens is 456 g/mol. The molecule has 3 amide bonds. The summed E-state index contributed by atoms with van der Waals surface area (Å²) in [6.07, 6.45) is 1.54. The second kappa shape index (κ2) is 8.38. The summed E-state index contributed by atoms with van der Waals surface area (Å²) >= 11 is 0.957. The number of nitrogens with zero attached hydrogens (tertiary/aromatic N) is 3. The number of anilines is 2. The standard InChI is InChI=1S/C24H20N4O5S/c1-33-21(31)18-13-25-23(34-18)26-22(32)24-12-11-19(29)28(24)17-10-6-5-9-16(17)20(30)27(24)14-15-7-3-2-4-8-15/h2-10,13H,11-12,14H2,1H3,(H,25,26,32). The van der Waals surface area contributed by atoms with Crippen LogP contribution in [0.25, 0.3) is 0 Å². The molecule has 34 heavy (non-hydrogen) atoms. The third-order valence-corrected chi connectivity index (χ3v) is 6.93. The molecule has 2 aromatic carbocycles. The van der Waals surface area contributed by atoms with E-state index >= 15 is 0 Å². The second-order valence-corrected chi connectivity index (χ2v) is 8.95. The number of para-hydroxylation sites is 1. The summed E-state index contributed by atoms with van der Waals surface area (Å²) in [4.78, 5) is 59.7. The van der Waals surface area contributed by atoms with E-state index in [1.807, 2.05) is 30.3 Å². The fourth-order valence-corrected chi connectivity index (χ4v) is 5.22. The molecular formula is C24H20N4O5S. The largest absolute Gasteiger partial charge is 0.465 e. The summed E-state index contributed by atoms with van der Waals surface area (Å²) in [6, 6.07) is 16.1. The number of carbonyl (C=O) groups excluding carboxylic acids is 4. The van der Waals surface area contributed by atoms with Gasteiger partial charge in [-0.15, -0.1) is 0 Å². The van der Waals surface area contributed by atoms with Gasteiger partial charge in [0.1, 0.15) is 4.88 Å². The van der Waals surface area contributed by atoms with Crippen molar-refractivity contribution in [1.29, 1.82) is 0 Å². The lowest BCUT2D eigenvalue weighted by Crippen LogP contribution is -2.69. The van der Waals surface area contributed by atoms with Crippen LogP contribution in [0.2, 0.25) is 0 Å². The average Bonchev–Trinajstić information content (AvgIpc) is 3.47. The molecule has 1 N–H and O–H groups in total. The van der Waals surface area contributed by atoms with E-state index in [-0.39, 0.29) is 41.2 Å². The highest BCUT2D eigenvalue weighted by Gasteiger charge is 2.60. The fraction of sp³-hybridized carbons (Fsp3) is 0.208. The van der Waals surface area contributed by atoms with Crippen molar-refractivity contribution in [2.45, 2.75) is 25.0 Å². The maximum Gasteiger partial charge on any atom is 0.349 e. The van der Waals surface area contributed by atoms with Gasteiger partial charge in [0.25, 0.3) is 11.8 Å². The summed E-state index contributed by atoms with van der Waals surface area (Å²) in [6.45, 7) is 0.135. The highest BCUT2D eigenvalue weighted by Crippen LogP contribution is 2.45. The molecule has 172 valence electrons. The molecule has 10 heteroatoms. The smallest absolute Gasteiger partial charge is 0.349 e. The van der Waals surface area contributed by atoms with Gasteiger partial charge in [-0.3, -0.25) is 24.6 Å². The first-order valence-corrected chi connectivity index (χ1v) is 11.4. The first-order chi connectivity index (χ1) is 16.5. The Kier molecular flexibility index (Phi) is 5.37. The van der Waals surface area contributed by atoms with Crippen LogP contribution in [-0.4, -0.2) is 46.3 Å². The Labute approximate surface area is 199 Å². The lowest BCUT2D eigenvalue weighted by atomic mass is 9.94. The predicted molar refractivity (Wildman–Crippen MR) is 124 cm³/mol. The summed E-state index contributed by atoms with van der Waals surface area (Å²) < 4.78 is 4.70. The molecule has 2 aliphatic heterocycles. The van der Waals surface area contributed by atoms with Crippen molar-refractivity contribution in [3.63, 3.8) is 0 Å². The van der Waals surface area contributed by atoms with Gasteiger partial charge in [-0.05, 0) is 17.7 Å². The number of methoxy groups -OCH3 is 1. The zero-order valence-electron chi connectivity index (χ0n) is 18.2. The number of thiazole rings is 1. The Morgan fingerprint density at radius 3 is 2.62 bits per heavy atom. The maximum absolute atomic E-state index is 13.9. The lowest BCUT2D eigenvalue weighted by Gasteiger charge is -2.49. The van der Waals surface area contributed by atoms with Crippen molar-refractivity contribution in [3.8, 4) is 0 Å². The second-order valence-electron chi connectivity index (χ2n) is 7.92. The quantitative estimate of drug-likeness (QED) is 0.567. The van der Waals surface area contributed by atoms with E-state index < -0.39 is 17.5 Å². The summed E-state index contributed by atoms with van der Waals surface area (Å²) in [5.41, 5.74) is 0.0160. The summed E-state index contributed by atoms with van der Waals surface area (Å²) in [5.74, 6) is -1.72. The maximum atomic E-state index is 13.9. The molecule has 3 aromatic rings. The number of carbonyl (C=O) groups is 4. The molecule has 0 spiro atoms. The van der Waals surface area contributed by atoms with Gasteiger partial charge in [0.15, 0.2) is 5.13 Å². The molecule has 0 saturated carbocycles. The van der Waals surface area contributed by atoms with Crippen molar-refractivity contribution in [1.82, 2.24) is 9.88 Å². The predicted octanol–water partition coefficient (Wildman–Crippen LogP) is 3.05. The first kappa shape index (κ1) is 21.8. The van der Waals surface area contributed by atoms with Crippen LogP contribution in [0, 0.1) is 0 Å². The summed E-state index contributed by atoms with van der Waals surface area (Å²) in [5, 5.41) is 2.91. The monoisotopic (exact) mass is 476 g/mol. The van der Waals surface area contributed by atoms with Gasteiger partial charge in [0.05, 0.1) is 24.6 Å². The Morgan fingerprint density at radius 1 is 1.12 bits per heavy atom. The van der Waals surface area contributed by atoms with Gasteiger partial charge < -0.3 is 9.64 Å². The number of amides is 3. The molecule has 0 radical (unpaired) electrons. The van der Waals surface area contributed by atoms with Crippen molar-refractivity contribution >= 4 is 45.8 Å². The van der Waals surface area contributed by atoms with Crippen LogP contribution in [0.1, 0.15) is 38.4 Å². The third-order valence-electron chi connectivity index (χ3n) is 6.03. The molecule has 1 saturated heterocycles. The van der Waals surface area contributed by atoms with Gasteiger partial charge in [-0.2, -0.15) is 0 Å². The molecule has 1 unspecified atom stereocenters. The third kappa shape index (κ3) is 3.34. The van der Waals surface area contributed by atoms with E-state index in [2.05, 4.69) is 10.3 Å². The van der Waals surface area contributed by atoms with Crippen molar-refractivity contribution < 1.29 is 23.9 Å². The van der Waals surface area contributed by atoms with Gasteiger partial charge in [-0.25, -0.2) is 9.78 Å². The molecule has 2 aliphatic rings. The number of fused-ring (bicyclic) bond motifs is 3. The van der Waals surface area contributed by atoms with E-state index in [9.17, 15) is 19.2 Å². The molecule has 5 rings (SSSR count). The van der Waals surface area contributed by atoms with Gasteiger partial charge in [-0.1, -0.05) is 53.8 Å². The number of benzene rings is 2. The number of rotatable bonds is 5. The number of hydrogen-bond donors (Lipinski definition) is 1. The highest BCUT2D eigenvalue weighted by atomic mass is 32.1. The van der Waals surface area contributed by atoms with Crippen molar-refractivity contribution in [2.75, 3.05) is 17.3 Å². The molecule has 1 atom stereocenters. The fourth-order valence-electron chi connectivity index (χ4n) is 4.49. The molecule has 1 fully saturated rings. The number of ether oxygens (including phenoxy) is 1. The van der Waals surface area contributed by atoms with Gasteiger partial charge in [0.2, 0.25) is 11.6 Å². The molecule has 0 aliphatic carbocycles. The molecule has 1 aromatic heterocycles. The van der Waals surface area contributed by atoms with Crippen LogP contribution in [0.5, 0.6) is 0 Å². The van der Waals surface area contributed by atoms with Gasteiger partial charge in [0, 0.05) is 19.4 Å². The van der Waals surface area contributed by atoms with Crippen LogP contribution in [0.4, 0.5) is 10.8 Å². The molecule has 9 nitrogen and oxygen atoms in total. The minimum Gasteiger partial charge on any atom is -0.465 e. The Morgan fingerprint density at radius 2 is 1.85 bits per heavy atom. The number of hydrogen-bond acceptors (Lipinski definition) is 7. The zero-order chi connectivity index (χ0) is 23.9. The van der Waals surface area contributed by atoms with E-state index in [4.69, 9.17) is 4.74 Å². The van der Waals surface area contributed by atoms with E-state index in [1.165, 1.54) is 23.1 Å². The minimum atomic E-state index is -1.57. The Hall–Kier alpha value is -4.05. The van der Waals surface area contributed by atoms with Gasteiger partial charge >= 0.3 is 5.97 Å². The minimum absolute atomic E-state index is 0.103. The lowest BCUT2D eigenvalue weighted by molar-refractivity contribution is -0.129. The van der Waals surface area contributed by atoms with E-state index in [0.29, 0.717) is 11.3 Å². The van der Waals surface area contributed by atoms with E-state index in [1.54, 1.807) is 24.3 Å². The SMILES string of the molecule is COC(=O)c1cnc(NC(=O)C23CCC(=O)N2c2ccccc2C(=O)N3Cc2ccccc2)s1. The average molecular weight is 477 g/mol. The van der Waals surface area contributed by atoms with E-state index in [0.717, 1.165) is 16.9 Å². The zero-order valence-corrected chi connectivity index (χ0v) is 19.0. The Bertz CT molecular complexity index is 1310.